The fourth-order valence-corrected chi connectivity index (χ4v) is 6.92. The minimum Gasteiger partial charge on any atom is -0.314 e. The second-order valence-corrected chi connectivity index (χ2v) is 11.2. The molecule has 0 radical (unpaired) electrons. The molecule has 1 saturated heterocycles. The van der Waals surface area contributed by atoms with Crippen LogP contribution in [-0.2, 0) is 29.5 Å². The van der Waals surface area contributed by atoms with E-state index in [0.29, 0.717) is 11.4 Å². The largest absolute Gasteiger partial charge is 0.314 e. The molecule has 2 aliphatic rings. The maximum absolute atomic E-state index is 14.2. The van der Waals surface area contributed by atoms with Gasteiger partial charge in [0.2, 0.25) is 10.0 Å². The van der Waals surface area contributed by atoms with E-state index in [0.717, 1.165) is 68.7 Å². The standard InChI is InChI=1S/C28H33N3O2S/c32-34(33,26-13-6-10-24(20-26)21-30-18-16-29-17-19-30)31(22-23-8-2-1-3-9-23)28-15-7-12-25-11-4-5-14-27(25)28/h1-6,8-11,13-14,20,28-29H,7,12,15-19,21-22H2. The van der Waals surface area contributed by atoms with Crippen molar-refractivity contribution in [1.29, 1.82) is 0 Å². The van der Waals surface area contributed by atoms with Crippen LogP contribution in [0.15, 0.2) is 83.8 Å². The van der Waals surface area contributed by atoms with Gasteiger partial charge < -0.3 is 5.32 Å². The molecule has 0 saturated carbocycles. The Labute approximate surface area is 203 Å². The van der Waals surface area contributed by atoms with Gasteiger partial charge in [-0.25, -0.2) is 8.42 Å². The van der Waals surface area contributed by atoms with Crippen molar-refractivity contribution in [2.24, 2.45) is 0 Å². The molecule has 3 aromatic rings. The van der Waals surface area contributed by atoms with Gasteiger partial charge in [-0.05, 0) is 53.6 Å². The number of hydrogen-bond acceptors (Lipinski definition) is 4. The Kier molecular flexibility index (Phi) is 7.11. The second kappa shape index (κ2) is 10.4. The van der Waals surface area contributed by atoms with Crippen molar-refractivity contribution in [3.8, 4) is 0 Å². The molecular formula is C28H33N3O2S. The van der Waals surface area contributed by atoms with Crippen molar-refractivity contribution >= 4 is 10.0 Å². The first-order valence-corrected chi connectivity index (χ1v) is 13.7. The number of hydrogen-bond donors (Lipinski definition) is 1. The minimum absolute atomic E-state index is 0.160. The van der Waals surface area contributed by atoms with Crippen LogP contribution in [0.5, 0.6) is 0 Å². The van der Waals surface area contributed by atoms with Gasteiger partial charge in [-0.15, -0.1) is 0 Å². The Morgan fingerprint density at radius 1 is 0.882 bits per heavy atom. The van der Waals surface area contributed by atoms with E-state index in [1.54, 1.807) is 10.4 Å². The molecule has 5 nitrogen and oxygen atoms in total. The molecule has 6 heteroatoms. The van der Waals surface area contributed by atoms with Crippen LogP contribution in [0.3, 0.4) is 0 Å². The fourth-order valence-electron chi connectivity index (χ4n) is 5.22. The average Bonchev–Trinajstić information content (AvgIpc) is 2.88. The molecule has 34 heavy (non-hydrogen) atoms. The predicted molar refractivity (Wildman–Crippen MR) is 136 cm³/mol. The quantitative estimate of drug-likeness (QED) is 0.552. The Morgan fingerprint density at radius 3 is 2.44 bits per heavy atom. The maximum Gasteiger partial charge on any atom is 0.243 e. The van der Waals surface area contributed by atoms with Crippen LogP contribution < -0.4 is 5.32 Å². The van der Waals surface area contributed by atoms with Gasteiger partial charge in [-0.3, -0.25) is 4.90 Å². The summed E-state index contributed by atoms with van der Waals surface area (Å²) in [5.74, 6) is 0. The molecule has 0 spiro atoms. The van der Waals surface area contributed by atoms with Crippen LogP contribution in [0.25, 0.3) is 0 Å². The summed E-state index contributed by atoms with van der Waals surface area (Å²) < 4.78 is 30.1. The van der Waals surface area contributed by atoms with E-state index in [4.69, 9.17) is 0 Å². The number of benzene rings is 3. The van der Waals surface area contributed by atoms with Crippen molar-refractivity contribution in [2.75, 3.05) is 26.2 Å². The minimum atomic E-state index is -3.70. The predicted octanol–water partition coefficient (Wildman–Crippen LogP) is 4.36. The summed E-state index contributed by atoms with van der Waals surface area (Å²) in [6.07, 6.45) is 2.83. The van der Waals surface area contributed by atoms with Crippen LogP contribution >= 0.6 is 0 Å². The van der Waals surface area contributed by atoms with Crippen LogP contribution in [-0.4, -0.2) is 43.8 Å². The van der Waals surface area contributed by atoms with E-state index < -0.39 is 10.0 Å². The lowest BCUT2D eigenvalue weighted by Crippen LogP contribution is -2.42. The number of piperazine rings is 1. The number of nitrogens with zero attached hydrogens (tertiary/aromatic N) is 2. The van der Waals surface area contributed by atoms with Crippen LogP contribution in [0.2, 0.25) is 0 Å². The maximum atomic E-state index is 14.2. The van der Waals surface area contributed by atoms with Crippen LogP contribution in [0, 0.1) is 0 Å². The molecule has 5 rings (SSSR count). The van der Waals surface area contributed by atoms with E-state index in [1.807, 2.05) is 54.6 Å². The Morgan fingerprint density at radius 2 is 1.62 bits per heavy atom. The van der Waals surface area contributed by atoms with Gasteiger partial charge in [0.25, 0.3) is 0 Å². The highest BCUT2D eigenvalue weighted by Crippen LogP contribution is 2.38. The molecule has 1 heterocycles. The van der Waals surface area contributed by atoms with Gasteiger partial charge in [0, 0.05) is 39.3 Å². The normalized spacial score (nSPS) is 19.1. The molecule has 1 N–H and O–H groups in total. The lowest BCUT2D eigenvalue weighted by Gasteiger charge is -2.35. The number of aryl methyl sites for hydroxylation is 1. The van der Waals surface area contributed by atoms with E-state index >= 15 is 0 Å². The zero-order valence-corrected chi connectivity index (χ0v) is 20.4. The number of rotatable bonds is 7. The van der Waals surface area contributed by atoms with Crippen molar-refractivity contribution < 1.29 is 8.42 Å². The van der Waals surface area contributed by atoms with Gasteiger partial charge in [0.05, 0.1) is 10.9 Å². The third kappa shape index (κ3) is 5.10. The Bertz CT molecular complexity index is 1210. The van der Waals surface area contributed by atoms with Gasteiger partial charge in [-0.1, -0.05) is 66.7 Å². The summed E-state index contributed by atoms with van der Waals surface area (Å²) in [4.78, 5) is 2.76. The lowest BCUT2D eigenvalue weighted by atomic mass is 9.87. The molecule has 1 aliphatic carbocycles. The highest BCUT2D eigenvalue weighted by molar-refractivity contribution is 7.89. The van der Waals surface area contributed by atoms with Crippen molar-refractivity contribution in [1.82, 2.24) is 14.5 Å². The van der Waals surface area contributed by atoms with Gasteiger partial charge >= 0.3 is 0 Å². The fraction of sp³-hybridized carbons (Fsp3) is 0.357. The molecule has 3 aromatic carbocycles. The highest BCUT2D eigenvalue weighted by Gasteiger charge is 2.35. The van der Waals surface area contributed by atoms with E-state index in [-0.39, 0.29) is 6.04 Å². The molecular weight excluding hydrogens is 442 g/mol. The summed E-state index contributed by atoms with van der Waals surface area (Å²) in [6, 6.07) is 25.7. The van der Waals surface area contributed by atoms with E-state index in [2.05, 4.69) is 28.4 Å². The molecule has 0 amide bonds. The van der Waals surface area contributed by atoms with Crippen LogP contribution in [0.4, 0.5) is 0 Å². The van der Waals surface area contributed by atoms with Gasteiger partial charge in [-0.2, -0.15) is 4.31 Å². The molecule has 0 bridgehead atoms. The van der Waals surface area contributed by atoms with Gasteiger partial charge in [0.15, 0.2) is 0 Å². The molecule has 178 valence electrons. The van der Waals surface area contributed by atoms with Gasteiger partial charge in [0.1, 0.15) is 0 Å². The summed E-state index contributed by atoms with van der Waals surface area (Å²) in [6.45, 7) is 5.06. The van der Waals surface area contributed by atoms with E-state index in [9.17, 15) is 8.42 Å². The monoisotopic (exact) mass is 475 g/mol. The first-order chi connectivity index (χ1) is 16.6. The zero-order valence-electron chi connectivity index (χ0n) is 19.6. The Hall–Kier alpha value is -2.51. The first kappa shape index (κ1) is 23.2. The average molecular weight is 476 g/mol. The number of sulfonamides is 1. The highest BCUT2D eigenvalue weighted by atomic mass is 32.2. The zero-order chi connectivity index (χ0) is 23.4. The molecule has 1 atom stereocenters. The second-order valence-electron chi connectivity index (χ2n) is 9.32. The third-order valence-corrected chi connectivity index (χ3v) is 8.84. The number of fused-ring (bicyclic) bond motifs is 1. The lowest BCUT2D eigenvalue weighted by molar-refractivity contribution is 0.233. The third-order valence-electron chi connectivity index (χ3n) is 6.99. The van der Waals surface area contributed by atoms with Crippen LogP contribution in [0.1, 0.15) is 41.1 Å². The molecule has 1 aliphatic heterocycles. The molecule has 0 aromatic heterocycles. The summed E-state index contributed by atoms with van der Waals surface area (Å²) in [7, 11) is -3.70. The van der Waals surface area contributed by atoms with Crippen molar-refractivity contribution in [3.63, 3.8) is 0 Å². The van der Waals surface area contributed by atoms with Crippen molar-refractivity contribution in [2.45, 2.75) is 43.3 Å². The number of nitrogens with one attached hydrogen (secondary N) is 1. The molecule has 1 unspecified atom stereocenters. The Balaban J connectivity index is 1.50. The summed E-state index contributed by atoms with van der Waals surface area (Å²) in [5.41, 5.74) is 4.46. The van der Waals surface area contributed by atoms with E-state index in [1.165, 1.54) is 5.56 Å². The van der Waals surface area contributed by atoms with Crippen molar-refractivity contribution in [3.05, 3.63) is 101 Å². The summed E-state index contributed by atoms with van der Waals surface area (Å²) in [5, 5.41) is 3.37. The smallest absolute Gasteiger partial charge is 0.243 e. The summed E-state index contributed by atoms with van der Waals surface area (Å²) >= 11 is 0. The first-order valence-electron chi connectivity index (χ1n) is 12.3. The SMILES string of the molecule is O=S(=O)(c1cccc(CN2CCNCC2)c1)N(Cc1ccccc1)C1CCCc2ccccc21. The topological polar surface area (TPSA) is 52.7 Å². The molecule has 1 fully saturated rings.